The van der Waals surface area contributed by atoms with E-state index in [1.54, 1.807) is 23.7 Å². The molecular weight excluding hydrogens is 394 g/mol. The molecule has 0 saturated heterocycles. The largest absolute Gasteiger partial charge is 0.461 e. The van der Waals surface area contributed by atoms with Crippen molar-refractivity contribution >= 4 is 11.7 Å². The van der Waals surface area contributed by atoms with Gasteiger partial charge in [-0.15, -0.1) is 0 Å². The average Bonchev–Trinajstić information content (AvgIpc) is 3.21. The topological polar surface area (TPSA) is 87.3 Å². The van der Waals surface area contributed by atoms with Crippen LogP contribution in [0.3, 0.4) is 0 Å². The zero-order chi connectivity index (χ0) is 21.8. The van der Waals surface area contributed by atoms with Crippen LogP contribution < -0.4 is 0 Å². The lowest BCUT2D eigenvalue weighted by atomic mass is 9.98. The lowest BCUT2D eigenvalue weighted by molar-refractivity contribution is -0.384. The van der Waals surface area contributed by atoms with Crippen molar-refractivity contribution in [3.8, 4) is 28.1 Å². The summed E-state index contributed by atoms with van der Waals surface area (Å²) in [5.74, 6) is -0.519. The molecule has 0 fully saturated rings. The molecule has 1 heterocycles. The first-order chi connectivity index (χ1) is 15.1. The number of ether oxygens (including phenoxy) is 1. The van der Waals surface area contributed by atoms with E-state index in [1.807, 2.05) is 60.7 Å². The Morgan fingerprint density at radius 2 is 1.55 bits per heavy atom. The van der Waals surface area contributed by atoms with Crippen LogP contribution in [0, 0.1) is 10.1 Å². The Labute approximate surface area is 178 Å². The standard InChI is InChI=1S/C24H19N3O4/c1-2-31-24(28)23-21(17-13-15-20(16-14-17)27(29)30)22(18-9-5-3-6-10-18)25-26(23)19-11-7-4-8-12-19/h3-16H,2H2,1H3. The van der Waals surface area contributed by atoms with Crippen LogP contribution in [0.25, 0.3) is 28.1 Å². The van der Waals surface area contributed by atoms with E-state index in [0.717, 1.165) is 5.56 Å². The Bertz CT molecular complexity index is 1220. The van der Waals surface area contributed by atoms with Crippen molar-refractivity contribution in [3.63, 3.8) is 0 Å². The average molecular weight is 413 g/mol. The van der Waals surface area contributed by atoms with E-state index >= 15 is 0 Å². The second kappa shape index (κ2) is 8.62. The van der Waals surface area contributed by atoms with Crippen molar-refractivity contribution in [3.05, 3.63) is 101 Å². The monoisotopic (exact) mass is 413 g/mol. The van der Waals surface area contributed by atoms with Crippen LogP contribution in [0.4, 0.5) is 5.69 Å². The Morgan fingerprint density at radius 3 is 2.13 bits per heavy atom. The number of nitro groups is 1. The highest BCUT2D eigenvalue weighted by Crippen LogP contribution is 2.37. The predicted molar refractivity (Wildman–Crippen MR) is 117 cm³/mol. The number of hydrogen-bond donors (Lipinski definition) is 0. The summed E-state index contributed by atoms with van der Waals surface area (Å²) in [5.41, 5.74) is 3.53. The number of carbonyl (C=O) groups is 1. The third kappa shape index (κ3) is 3.93. The first kappa shape index (κ1) is 20.0. The lowest BCUT2D eigenvalue weighted by Crippen LogP contribution is -2.13. The Balaban J connectivity index is 2.03. The molecule has 7 heteroatoms. The number of nitro benzene ring substituents is 1. The van der Waals surface area contributed by atoms with Gasteiger partial charge in [0.15, 0.2) is 5.69 Å². The summed E-state index contributed by atoms with van der Waals surface area (Å²) in [6.45, 7) is 1.95. The third-order valence-electron chi connectivity index (χ3n) is 4.77. The molecule has 7 nitrogen and oxygen atoms in total. The van der Waals surface area contributed by atoms with Crippen molar-refractivity contribution < 1.29 is 14.5 Å². The minimum Gasteiger partial charge on any atom is -0.461 e. The van der Waals surface area contributed by atoms with Gasteiger partial charge in [0, 0.05) is 23.3 Å². The minimum atomic E-state index is -0.519. The molecule has 1 aromatic heterocycles. The number of hydrogen-bond acceptors (Lipinski definition) is 5. The van der Waals surface area contributed by atoms with Gasteiger partial charge in [-0.1, -0.05) is 48.5 Å². The molecule has 0 bridgehead atoms. The van der Waals surface area contributed by atoms with Gasteiger partial charge in [-0.05, 0) is 36.8 Å². The van der Waals surface area contributed by atoms with Gasteiger partial charge in [0.05, 0.1) is 17.2 Å². The molecule has 0 atom stereocenters. The smallest absolute Gasteiger partial charge is 0.357 e. The summed E-state index contributed by atoms with van der Waals surface area (Å²) in [7, 11) is 0. The maximum Gasteiger partial charge on any atom is 0.357 e. The van der Waals surface area contributed by atoms with Gasteiger partial charge in [0.2, 0.25) is 0 Å². The maximum absolute atomic E-state index is 13.1. The molecule has 0 saturated carbocycles. The lowest BCUT2D eigenvalue weighted by Gasteiger charge is -2.09. The highest BCUT2D eigenvalue weighted by molar-refractivity contribution is 6.01. The van der Waals surface area contributed by atoms with Crippen LogP contribution in [-0.2, 0) is 4.74 Å². The number of benzene rings is 3. The maximum atomic E-state index is 13.1. The molecule has 0 spiro atoms. The van der Waals surface area contributed by atoms with Crippen molar-refractivity contribution in [1.29, 1.82) is 0 Å². The summed E-state index contributed by atoms with van der Waals surface area (Å²) in [6, 6.07) is 24.9. The molecular formula is C24H19N3O4. The summed E-state index contributed by atoms with van der Waals surface area (Å²) in [5, 5.41) is 15.9. The second-order valence-corrected chi connectivity index (χ2v) is 6.71. The van der Waals surface area contributed by atoms with Gasteiger partial charge >= 0.3 is 5.97 Å². The highest BCUT2D eigenvalue weighted by atomic mass is 16.6. The Hall–Kier alpha value is -4.26. The van der Waals surface area contributed by atoms with Crippen molar-refractivity contribution in [2.24, 2.45) is 0 Å². The predicted octanol–water partition coefficient (Wildman–Crippen LogP) is 5.29. The van der Waals surface area contributed by atoms with Crippen LogP contribution in [0.1, 0.15) is 17.4 Å². The molecule has 3 aromatic carbocycles. The van der Waals surface area contributed by atoms with Crippen molar-refractivity contribution in [2.45, 2.75) is 6.92 Å². The van der Waals surface area contributed by atoms with E-state index < -0.39 is 10.9 Å². The summed E-state index contributed by atoms with van der Waals surface area (Å²) < 4.78 is 6.92. The van der Waals surface area contributed by atoms with E-state index in [1.165, 1.54) is 12.1 Å². The molecule has 154 valence electrons. The number of esters is 1. The van der Waals surface area contributed by atoms with Crippen molar-refractivity contribution in [1.82, 2.24) is 9.78 Å². The van der Waals surface area contributed by atoms with E-state index in [2.05, 4.69) is 0 Å². The van der Waals surface area contributed by atoms with Gasteiger partial charge < -0.3 is 4.74 Å². The SMILES string of the molecule is CCOC(=O)c1c(-c2ccc([N+](=O)[O-])cc2)c(-c2ccccc2)nn1-c1ccccc1. The van der Waals surface area contributed by atoms with E-state index in [0.29, 0.717) is 22.5 Å². The fourth-order valence-corrected chi connectivity index (χ4v) is 3.38. The molecule has 0 N–H and O–H groups in total. The zero-order valence-corrected chi connectivity index (χ0v) is 16.8. The van der Waals surface area contributed by atoms with Gasteiger partial charge in [-0.2, -0.15) is 5.10 Å². The van der Waals surface area contributed by atoms with E-state index in [9.17, 15) is 14.9 Å². The number of nitrogens with zero attached hydrogens (tertiary/aromatic N) is 3. The fourth-order valence-electron chi connectivity index (χ4n) is 3.38. The number of non-ortho nitro benzene ring substituents is 1. The molecule has 4 rings (SSSR count). The first-order valence-corrected chi connectivity index (χ1v) is 9.76. The normalized spacial score (nSPS) is 10.6. The highest BCUT2D eigenvalue weighted by Gasteiger charge is 2.27. The number of rotatable bonds is 6. The van der Waals surface area contributed by atoms with Gasteiger partial charge in [0.25, 0.3) is 5.69 Å². The molecule has 0 radical (unpaired) electrons. The number of para-hydroxylation sites is 1. The molecule has 0 amide bonds. The number of aromatic nitrogens is 2. The fraction of sp³-hybridized carbons (Fsp3) is 0.0833. The van der Waals surface area contributed by atoms with Crippen LogP contribution in [0.15, 0.2) is 84.9 Å². The molecule has 0 aliphatic heterocycles. The van der Waals surface area contributed by atoms with Crippen LogP contribution >= 0.6 is 0 Å². The molecule has 4 aromatic rings. The van der Waals surface area contributed by atoms with Crippen LogP contribution in [0.5, 0.6) is 0 Å². The Morgan fingerprint density at radius 1 is 0.935 bits per heavy atom. The first-order valence-electron chi connectivity index (χ1n) is 9.76. The molecule has 0 aliphatic carbocycles. The Kier molecular flexibility index (Phi) is 5.57. The zero-order valence-electron chi connectivity index (χ0n) is 16.8. The second-order valence-electron chi connectivity index (χ2n) is 6.71. The minimum absolute atomic E-state index is 0.0295. The van der Waals surface area contributed by atoms with Gasteiger partial charge in [0.1, 0.15) is 5.69 Å². The molecule has 31 heavy (non-hydrogen) atoms. The van der Waals surface area contributed by atoms with E-state index in [-0.39, 0.29) is 18.0 Å². The summed E-state index contributed by atoms with van der Waals surface area (Å²) >= 11 is 0. The van der Waals surface area contributed by atoms with Crippen molar-refractivity contribution in [2.75, 3.05) is 6.61 Å². The van der Waals surface area contributed by atoms with Crippen LogP contribution in [-0.4, -0.2) is 27.3 Å². The molecule has 0 aliphatic rings. The molecule has 0 unspecified atom stereocenters. The van der Waals surface area contributed by atoms with Gasteiger partial charge in [-0.25, -0.2) is 9.48 Å². The van der Waals surface area contributed by atoms with Crippen LogP contribution in [0.2, 0.25) is 0 Å². The van der Waals surface area contributed by atoms with E-state index in [4.69, 9.17) is 9.84 Å². The summed E-state index contributed by atoms with van der Waals surface area (Å²) in [4.78, 5) is 23.7. The number of carbonyl (C=O) groups excluding carboxylic acids is 1. The summed E-state index contributed by atoms with van der Waals surface area (Å²) in [6.07, 6.45) is 0. The van der Waals surface area contributed by atoms with Gasteiger partial charge in [-0.3, -0.25) is 10.1 Å². The third-order valence-corrected chi connectivity index (χ3v) is 4.77. The quantitative estimate of drug-likeness (QED) is 0.243.